The van der Waals surface area contributed by atoms with E-state index in [1.54, 1.807) is 0 Å². The molecule has 3 heteroatoms. The summed E-state index contributed by atoms with van der Waals surface area (Å²) in [6, 6.07) is 8.19. The van der Waals surface area contributed by atoms with Gasteiger partial charge in [-0.05, 0) is 19.9 Å². The van der Waals surface area contributed by atoms with Crippen LogP contribution in [0.2, 0.25) is 0 Å². The molecule has 0 unspecified atom stereocenters. The van der Waals surface area contributed by atoms with E-state index < -0.39 is 0 Å². The number of fused-ring (bicyclic) bond motifs is 1. The Hall–Kier alpha value is -0.730. The number of hydrogen-bond donors (Lipinski definition) is 1. The van der Waals surface area contributed by atoms with E-state index in [1.807, 2.05) is 18.2 Å². The fourth-order valence-corrected chi connectivity index (χ4v) is 1.58. The summed E-state index contributed by atoms with van der Waals surface area (Å²) in [4.78, 5) is 0. The molecule has 0 radical (unpaired) electrons. The zero-order valence-corrected chi connectivity index (χ0v) is 9.36. The lowest BCUT2D eigenvalue weighted by atomic mass is 10.1. The Balaban J connectivity index is 0.000000980. The standard InChI is InChI=1S/C11H15NO.ClH/c1-11(2)8-12-7-9-5-3-4-6-10(9)13-11;/h3-6,12H,7-8H2,1-2H3;1H. The van der Waals surface area contributed by atoms with Crippen molar-refractivity contribution in [3.8, 4) is 5.75 Å². The zero-order chi connectivity index (χ0) is 9.31. The van der Waals surface area contributed by atoms with E-state index in [0.29, 0.717) is 0 Å². The van der Waals surface area contributed by atoms with E-state index in [0.717, 1.165) is 18.8 Å². The maximum atomic E-state index is 5.88. The highest BCUT2D eigenvalue weighted by atomic mass is 35.5. The normalized spacial score (nSPS) is 18.4. The van der Waals surface area contributed by atoms with Gasteiger partial charge in [-0.1, -0.05) is 18.2 Å². The third-order valence-electron chi connectivity index (χ3n) is 2.23. The molecule has 14 heavy (non-hydrogen) atoms. The molecule has 0 saturated heterocycles. The van der Waals surface area contributed by atoms with Crippen molar-refractivity contribution >= 4 is 12.4 Å². The minimum Gasteiger partial charge on any atom is -0.486 e. The van der Waals surface area contributed by atoms with Gasteiger partial charge in [-0.15, -0.1) is 12.4 Å². The summed E-state index contributed by atoms with van der Waals surface area (Å²) in [6.45, 7) is 5.99. The van der Waals surface area contributed by atoms with Crippen molar-refractivity contribution in [2.75, 3.05) is 6.54 Å². The highest BCUT2D eigenvalue weighted by Crippen LogP contribution is 2.25. The molecule has 0 fully saturated rings. The maximum absolute atomic E-state index is 5.88. The van der Waals surface area contributed by atoms with Crippen molar-refractivity contribution in [3.63, 3.8) is 0 Å². The van der Waals surface area contributed by atoms with Gasteiger partial charge in [0.1, 0.15) is 11.4 Å². The van der Waals surface area contributed by atoms with Crippen molar-refractivity contribution in [2.24, 2.45) is 0 Å². The molecule has 1 aliphatic heterocycles. The Morgan fingerprint density at radius 1 is 1.29 bits per heavy atom. The number of hydrogen-bond acceptors (Lipinski definition) is 2. The van der Waals surface area contributed by atoms with Gasteiger partial charge in [0.2, 0.25) is 0 Å². The molecule has 0 amide bonds. The third-order valence-corrected chi connectivity index (χ3v) is 2.23. The van der Waals surface area contributed by atoms with Crippen LogP contribution in [-0.4, -0.2) is 12.1 Å². The van der Waals surface area contributed by atoms with Crippen LogP contribution in [0.5, 0.6) is 5.75 Å². The molecule has 1 aliphatic rings. The second-order valence-corrected chi connectivity index (χ2v) is 4.07. The third kappa shape index (κ3) is 2.40. The molecule has 78 valence electrons. The molecule has 1 aromatic carbocycles. The molecule has 0 saturated carbocycles. The van der Waals surface area contributed by atoms with Gasteiger partial charge in [0.05, 0.1) is 0 Å². The Bertz CT molecular complexity index is 312. The number of benzene rings is 1. The maximum Gasteiger partial charge on any atom is 0.124 e. The minimum absolute atomic E-state index is 0. The van der Waals surface area contributed by atoms with Crippen LogP contribution in [0.3, 0.4) is 0 Å². The quantitative estimate of drug-likeness (QED) is 0.715. The van der Waals surface area contributed by atoms with Gasteiger partial charge < -0.3 is 10.1 Å². The summed E-state index contributed by atoms with van der Waals surface area (Å²) in [5.74, 6) is 1.01. The van der Waals surface area contributed by atoms with Crippen LogP contribution < -0.4 is 10.1 Å². The first-order chi connectivity index (χ1) is 6.17. The van der Waals surface area contributed by atoms with Crippen LogP contribution in [0, 0.1) is 0 Å². The van der Waals surface area contributed by atoms with Crippen LogP contribution >= 0.6 is 12.4 Å². The zero-order valence-electron chi connectivity index (χ0n) is 8.54. The smallest absolute Gasteiger partial charge is 0.124 e. The molecule has 2 nitrogen and oxygen atoms in total. The van der Waals surface area contributed by atoms with Gasteiger partial charge in [0.15, 0.2) is 0 Å². The number of rotatable bonds is 0. The van der Waals surface area contributed by atoms with E-state index in [4.69, 9.17) is 4.74 Å². The Morgan fingerprint density at radius 3 is 2.79 bits per heavy atom. The van der Waals surface area contributed by atoms with Crippen LogP contribution in [0.15, 0.2) is 24.3 Å². The summed E-state index contributed by atoms with van der Waals surface area (Å²) in [5, 5.41) is 3.37. The highest BCUT2D eigenvalue weighted by molar-refractivity contribution is 5.85. The number of ether oxygens (including phenoxy) is 1. The Morgan fingerprint density at radius 2 is 2.00 bits per heavy atom. The molecule has 2 rings (SSSR count). The molecule has 0 atom stereocenters. The number of para-hydroxylation sites is 1. The fraction of sp³-hybridized carbons (Fsp3) is 0.455. The predicted octanol–water partition coefficient (Wildman–Crippen LogP) is 2.37. The fourth-order valence-electron chi connectivity index (χ4n) is 1.58. The number of halogens is 1. The molecular weight excluding hydrogens is 198 g/mol. The largest absolute Gasteiger partial charge is 0.486 e. The topological polar surface area (TPSA) is 21.3 Å². The van der Waals surface area contributed by atoms with Crippen molar-refractivity contribution in [1.82, 2.24) is 5.32 Å². The summed E-state index contributed by atoms with van der Waals surface area (Å²) in [5.41, 5.74) is 1.14. The number of nitrogens with one attached hydrogen (secondary N) is 1. The van der Waals surface area contributed by atoms with Gasteiger partial charge in [-0.2, -0.15) is 0 Å². The lowest BCUT2D eigenvalue weighted by Gasteiger charge is -2.24. The van der Waals surface area contributed by atoms with Crippen molar-refractivity contribution in [1.29, 1.82) is 0 Å². The summed E-state index contributed by atoms with van der Waals surface area (Å²) >= 11 is 0. The second-order valence-electron chi connectivity index (χ2n) is 4.07. The van der Waals surface area contributed by atoms with Gasteiger partial charge in [0, 0.05) is 18.7 Å². The molecule has 0 aromatic heterocycles. The van der Waals surface area contributed by atoms with Crippen molar-refractivity contribution < 1.29 is 4.74 Å². The van der Waals surface area contributed by atoms with E-state index in [-0.39, 0.29) is 18.0 Å². The molecule has 1 aromatic rings. The molecule has 1 heterocycles. The van der Waals surface area contributed by atoms with Crippen LogP contribution in [0.25, 0.3) is 0 Å². The van der Waals surface area contributed by atoms with Crippen molar-refractivity contribution in [2.45, 2.75) is 26.0 Å². The second kappa shape index (κ2) is 4.20. The molecule has 0 bridgehead atoms. The van der Waals surface area contributed by atoms with E-state index in [9.17, 15) is 0 Å². The summed E-state index contributed by atoms with van der Waals surface area (Å²) in [6.07, 6.45) is 0. The van der Waals surface area contributed by atoms with Gasteiger partial charge >= 0.3 is 0 Å². The van der Waals surface area contributed by atoms with Gasteiger partial charge in [0.25, 0.3) is 0 Å². The van der Waals surface area contributed by atoms with Crippen LogP contribution in [0.4, 0.5) is 0 Å². The minimum atomic E-state index is -0.105. The highest BCUT2D eigenvalue weighted by Gasteiger charge is 2.23. The van der Waals surface area contributed by atoms with E-state index in [2.05, 4.69) is 25.2 Å². The van der Waals surface area contributed by atoms with Crippen LogP contribution in [-0.2, 0) is 6.54 Å². The monoisotopic (exact) mass is 213 g/mol. The first-order valence-corrected chi connectivity index (χ1v) is 4.65. The van der Waals surface area contributed by atoms with E-state index >= 15 is 0 Å². The predicted molar refractivity (Wildman–Crippen MR) is 60.1 cm³/mol. The van der Waals surface area contributed by atoms with Crippen molar-refractivity contribution in [3.05, 3.63) is 29.8 Å². The Labute approximate surface area is 91.1 Å². The summed E-state index contributed by atoms with van der Waals surface area (Å²) in [7, 11) is 0. The average Bonchev–Trinajstić information content (AvgIpc) is 2.21. The first-order valence-electron chi connectivity index (χ1n) is 4.65. The van der Waals surface area contributed by atoms with Gasteiger partial charge in [-0.25, -0.2) is 0 Å². The van der Waals surface area contributed by atoms with Crippen LogP contribution in [0.1, 0.15) is 19.4 Å². The summed E-state index contributed by atoms with van der Waals surface area (Å²) < 4.78 is 5.88. The average molecular weight is 214 g/mol. The lowest BCUT2D eigenvalue weighted by Crippen LogP contribution is -2.37. The molecular formula is C11H16ClNO. The lowest BCUT2D eigenvalue weighted by molar-refractivity contribution is 0.115. The van der Waals surface area contributed by atoms with Gasteiger partial charge in [-0.3, -0.25) is 0 Å². The molecule has 1 N–H and O–H groups in total. The molecule has 0 spiro atoms. The Kier molecular flexibility index (Phi) is 3.40. The SMILES string of the molecule is CC1(C)CNCc2ccccc2O1.Cl. The molecule has 0 aliphatic carbocycles. The van der Waals surface area contributed by atoms with E-state index in [1.165, 1.54) is 5.56 Å². The first kappa shape index (κ1) is 11.3.